The van der Waals surface area contributed by atoms with E-state index in [9.17, 15) is 4.79 Å². The third-order valence-corrected chi connectivity index (χ3v) is 6.33. The van der Waals surface area contributed by atoms with E-state index in [4.69, 9.17) is 37.4 Å². The number of ketones is 1. The van der Waals surface area contributed by atoms with Gasteiger partial charge in [-0.1, -0.05) is 83.9 Å². The average molecular weight is 505 g/mol. The Morgan fingerprint density at radius 1 is 0.800 bits per heavy atom. The number of fused-ring (bicyclic) bond motifs is 1. The van der Waals surface area contributed by atoms with Crippen LogP contribution in [-0.2, 0) is 13.2 Å². The van der Waals surface area contributed by atoms with Crippen LogP contribution in [0.5, 0.6) is 17.2 Å². The highest BCUT2D eigenvalue weighted by Gasteiger charge is 2.32. The first kappa shape index (κ1) is 23.3. The lowest BCUT2D eigenvalue weighted by molar-refractivity contribution is 0.0841. The van der Waals surface area contributed by atoms with Crippen molar-refractivity contribution in [1.29, 1.82) is 0 Å². The zero-order valence-electron chi connectivity index (χ0n) is 18.7. The minimum Gasteiger partial charge on any atom is -0.489 e. The molecular weight excluding hydrogens is 483 g/mol. The molecule has 4 aromatic rings. The lowest BCUT2D eigenvalue weighted by Crippen LogP contribution is -2.21. The summed E-state index contributed by atoms with van der Waals surface area (Å²) in [5.41, 5.74) is 3.09. The second-order valence-corrected chi connectivity index (χ2v) is 9.09. The van der Waals surface area contributed by atoms with Crippen LogP contribution in [-0.4, -0.2) is 5.78 Å². The van der Waals surface area contributed by atoms with Gasteiger partial charge < -0.3 is 14.2 Å². The normalized spacial score (nSPS) is 14.7. The lowest BCUT2D eigenvalue weighted by atomic mass is 9.95. The molecule has 1 atom stereocenters. The molecule has 4 aromatic carbocycles. The Hall–Kier alpha value is -3.47. The van der Waals surface area contributed by atoms with Crippen molar-refractivity contribution in [3.05, 3.63) is 123 Å². The molecule has 0 spiro atoms. The predicted molar refractivity (Wildman–Crippen MR) is 137 cm³/mol. The van der Waals surface area contributed by atoms with Gasteiger partial charge in [0.25, 0.3) is 0 Å². The molecule has 35 heavy (non-hydrogen) atoms. The van der Waals surface area contributed by atoms with Gasteiger partial charge in [0.05, 0.1) is 6.42 Å². The van der Waals surface area contributed by atoms with Gasteiger partial charge in [-0.3, -0.25) is 4.79 Å². The smallest absolute Gasteiger partial charge is 0.174 e. The van der Waals surface area contributed by atoms with Gasteiger partial charge in [0.1, 0.15) is 42.1 Å². The maximum Gasteiger partial charge on any atom is 0.174 e. The summed E-state index contributed by atoms with van der Waals surface area (Å²) in [4.78, 5) is 13.3. The number of rotatable bonds is 7. The summed E-state index contributed by atoms with van der Waals surface area (Å²) in [7, 11) is 0. The van der Waals surface area contributed by atoms with Gasteiger partial charge in [0, 0.05) is 27.7 Å². The quantitative estimate of drug-likeness (QED) is 0.257. The number of Topliss-reactive ketones (excluding diaryl/α,β-unsaturated/α-hetero) is 1. The second kappa shape index (κ2) is 10.4. The summed E-state index contributed by atoms with van der Waals surface area (Å²) >= 11 is 12.6. The number of carbonyl (C=O) groups excluding carboxylic acids is 1. The molecule has 1 unspecified atom stereocenters. The maximum atomic E-state index is 13.3. The highest BCUT2D eigenvalue weighted by atomic mass is 35.5. The Balaban J connectivity index is 1.47. The van der Waals surface area contributed by atoms with Gasteiger partial charge in [0.15, 0.2) is 5.78 Å². The molecule has 1 aliphatic heterocycles. The summed E-state index contributed by atoms with van der Waals surface area (Å²) in [6, 6.07) is 28.3. The number of carbonyl (C=O) groups is 1. The van der Waals surface area contributed by atoms with Crippen LogP contribution in [0.4, 0.5) is 0 Å². The van der Waals surface area contributed by atoms with Crippen LogP contribution >= 0.6 is 23.2 Å². The summed E-state index contributed by atoms with van der Waals surface area (Å²) < 4.78 is 18.4. The minimum atomic E-state index is -0.562. The van der Waals surface area contributed by atoms with E-state index in [-0.39, 0.29) is 12.2 Å². The van der Waals surface area contributed by atoms with Crippen molar-refractivity contribution < 1.29 is 19.0 Å². The van der Waals surface area contributed by atoms with E-state index in [2.05, 4.69) is 0 Å². The number of benzene rings is 4. The van der Waals surface area contributed by atoms with E-state index in [1.54, 1.807) is 30.3 Å². The van der Waals surface area contributed by atoms with E-state index in [0.29, 0.717) is 51.6 Å². The van der Waals surface area contributed by atoms with E-state index >= 15 is 0 Å². The molecule has 1 aliphatic rings. The molecule has 0 saturated heterocycles. The molecule has 0 radical (unpaired) electrons. The summed E-state index contributed by atoms with van der Waals surface area (Å²) in [5, 5.41) is 1.02. The molecule has 0 saturated carbocycles. The topological polar surface area (TPSA) is 44.8 Å². The Morgan fingerprint density at radius 3 is 2.14 bits per heavy atom. The van der Waals surface area contributed by atoms with Gasteiger partial charge >= 0.3 is 0 Å². The lowest BCUT2D eigenvalue weighted by Gasteiger charge is -2.28. The molecule has 6 heteroatoms. The number of ether oxygens (including phenoxy) is 3. The Kier molecular flexibility index (Phi) is 6.94. The summed E-state index contributed by atoms with van der Waals surface area (Å²) in [6.07, 6.45) is -0.438. The zero-order valence-corrected chi connectivity index (χ0v) is 20.3. The Morgan fingerprint density at radius 2 is 1.46 bits per heavy atom. The number of halogens is 2. The Labute approximate surface area is 214 Å². The Bertz CT molecular complexity index is 1340. The summed E-state index contributed by atoms with van der Waals surface area (Å²) in [6.45, 7) is 0.682. The monoisotopic (exact) mass is 504 g/mol. The van der Waals surface area contributed by atoms with Crippen LogP contribution in [0.3, 0.4) is 0 Å². The maximum absolute atomic E-state index is 13.3. The summed E-state index contributed by atoms with van der Waals surface area (Å²) in [5.74, 6) is 1.28. The molecule has 0 fully saturated rings. The fraction of sp³-hybridized carbons (Fsp3) is 0.138. The molecule has 1 heterocycles. The van der Waals surface area contributed by atoms with Crippen LogP contribution < -0.4 is 14.2 Å². The average Bonchev–Trinajstić information content (AvgIpc) is 2.88. The molecule has 0 bridgehead atoms. The van der Waals surface area contributed by atoms with Crippen molar-refractivity contribution in [2.75, 3.05) is 0 Å². The predicted octanol–water partition coefficient (Wildman–Crippen LogP) is 7.86. The fourth-order valence-electron chi connectivity index (χ4n) is 4.01. The molecule has 4 nitrogen and oxygen atoms in total. The SMILES string of the molecule is O=C1CC(c2cc(Cl)ccc2Cl)Oc2cc(OCc3ccccc3)cc(OCc3ccccc3)c21. The second-order valence-electron chi connectivity index (χ2n) is 8.24. The number of hydrogen-bond donors (Lipinski definition) is 0. The van der Waals surface area contributed by atoms with E-state index in [1.807, 2.05) is 60.7 Å². The third-order valence-electron chi connectivity index (χ3n) is 5.75. The minimum absolute atomic E-state index is 0.0926. The van der Waals surface area contributed by atoms with Crippen LogP contribution in [0.15, 0.2) is 91.0 Å². The molecule has 0 aromatic heterocycles. The van der Waals surface area contributed by atoms with Gasteiger partial charge in [-0.15, -0.1) is 0 Å². The largest absolute Gasteiger partial charge is 0.489 e. The van der Waals surface area contributed by atoms with Crippen LogP contribution in [0.2, 0.25) is 10.0 Å². The molecule has 0 aliphatic carbocycles. The first-order chi connectivity index (χ1) is 17.1. The highest BCUT2D eigenvalue weighted by molar-refractivity contribution is 6.33. The van der Waals surface area contributed by atoms with E-state index < -0.39 is 6.10 Å². The third kappa shape index (κ3) is 5.45. The van der Waals surface area contributed by atoms with Crippen molar-refractivity contribution in [3.8, 4) is 17.2 Å². The molecule has 5 rings (SSSR count). The van der Waals surface area contributed by atoms with Crippen LogP contribution in [0, 0.1) is 0 Å². The zero-order chi connectivity index (χ0) is 24.2. The first-order valence-corrected chi connectivity index (χ1v) is 12.0. The van der Waals surface area contributed by atoms with Crippen LogP contribution in [0.1, 0.15) is 39.6 Å². The number of hydrogen-bond acceptors (Lipinski definition) is 4. The van der Waals surface area contributed by atoms with Crippen LogP contribution in [0.25, 0.3) is 0 Å². The molecule has 0 amide bonds. The molecular formula is C29H22Cl2O4. The fourth-order valence-corrected chi connectivity index (χ4v) is 4.43. The van der Waals surface area contributed by atoms with Crippen molar-refractivity contribution in [1.82, 2.24) is 0 Å². The highest BCUT2D eigenvalue weighted by Crippen LogP contribution is 2.44. The van der Waals surface area contributed by atoms with E-state index in [1.165, 1.54) is 0 Å². The van der Waals surface area contributed by atoms with Gasteiger partial charge in [-0.05, 0) is 29.3 Å². The van der Waals surface area contributed by atoms with Crippen molar-refractivity contribution in [2.45, 2.75) is 25.7 Å². The van der Waals surface area contributed by atoms with Gasteiger partial charge in [-0.25, -0.2) is 0 Å². The first-order valence-electron chi connectivity index (χ1n) is 11.2. The van der Waals surface area contributed by atoms with E-state index in [0.717, 1.165) is 11.1 Å². The van der Waals surface area contributed by atoms with Gasteiger partial charge in [-0.2, -0.15) is 0 Å². The van der Waals surface area contributed by atoms with Gasteiger partial charge in [0.2, 0.25) is 0 Å². The molecule has 176 valence electrons. The molecule has 0 N–H and O–H groups in total. The standard InChI is InChI=1S/C29H22Cl2O4/c30-21-11-12-24(31)23(13-21)26-16-25(32)29-27(34-18-20-9-5-2-6-10-20)14-22(15-28(29)35-26)33-17-19-7-3-1-4-8-19/h1-15,26H,16-18H2. The van der Waals surface area contributed by atoms with Crippen molar-refractivity contribution in [2.24, 2.45) is 0 Å². The van der Waals surface area contributed by atoms with Crippen molar-refractivity contribution in [3.63, 3.8) is 0 Å². The van der Waals surface area contributed by atoms with Crippen molar-refractivity contribution >= 4 is 29.0 Å².